The van der Waals surface area contributed by atoms with Crippen molar-refractivity contribution < 1.29 is 14.3 Å². The predicted octanol–water partition coefficient (Wildman–Crippen LogP) is 3.93. The smallest absolute Gasteiger partial charge is 0.339 e. The molecule has 0 unspecified atom stereocenters. The molecule has 5 heteroatoms. The van der Waals surface area contributed by atoms with Crippen LogP contribution in [-0.4, -0.2) is 30.5 Å². The number of carbonyl (C=O) groups excluding carboxylic acids is 2. The van der Waals surface area contributed by atoms with Crippen LogP contribution in [0.4, 0.5) is 5.69 Å². The fourth-order valence-electron chi connectivity index (χ4n) is 3.70. The number of rotatable bonds is 4. The van der Waals surface area contributed by atoms with E-state index in [0.717, 1.165) is 53.5 Å². The van der Waals surface area contributed by atoms with Crippen molar-refractivity contribution in [2.24, 2.45) is 0 Å². The minimum absolute atomic E-state index is 0.272. The maximum absolute atomic E-state index is 13.0. The maximum Gasteiger partial charge on any atom is 0.339 e. The fourth-order valence-corrected chi connectivity index (χ4v) is 3.70. The largest absolute Gasteiger partial charge is 0.452 e. The number of amides is 1. The summed E-state index contributed by atoms with van der Waals surface area (Å²) in [4.78, 5) is 31.7. The third-order valence-electron chi connectivity index (χ3n) is 5.22. The van der Waals surface area contributed by atoms with Crippen molar-refractivity contribution in [3.8, 4) is 0 Å². The molecule has 2 aromatic carbocycles. The summed E-state index contributed by atoms with van der Waals surface area (Å²) in [5.41, 5.74) is 4.07. The molecular formula is C23H22N2O3. The number of hydrogen-bond donors (Lipinski definition) is 0. The molecule has 0 aliphatic heterocycles. The second-order valence-electron chi connectivity index (χ2n) is 7.00. The molecule has 4 rings (SSSR count). The third kappa shape index (κ3) is 3.48. The van der Waals surface area contributed by atoms with Crippen molar-refractivity contribution in [2.75, 3.05) is 18.6 Å². The Labute approximate surface area is 163 Å². The molecule has 28 heavy (non-hydrogen) atoms. The van der Waals surface area contributed by atoms with Crippen LogP contribution in [0, 0.1) is 0 Å². The van der Waals surface area contributed by atoms with E-state index in [4.69, 9.17) is 9.72 Å². The van der Waals surface area contributed by atoms with E-state index in [9.17, 15) is 9.59 Å². The topological polar surface area (TPSA) is 59.5 Å². The van der Waals surface area contributed by atoms with E-state index >= 15 is 0 Å². The van der Waals surface area contributed by atoms with Crippen LogP contribution in [0.1, 0.15) is 34.5 Å². The van der Waals surface area contributed by atoms with Gasteiger partial charge in [0.1, 0.15) is 0 Å². The summed E-state index contributed by atoms with van der Waals surface area (Å²) in [6.07, 6.45) is 3.79. The summed E-state index contributed by atoms with van der Waals surface area (Å²) in [6, 6.07) is 16.9. The molecule has 0 fully saturated rings. The molecule has 1 amide bonds. The first-order chi connectivity index (χ1) is 13.6. The summed E-state index contributed by atoms with van der Waals surface area (Å²) >= 11 is 0. The SMILES string of the molecule is CN(C(=O)COC(=O)c1c2c(nc3ccccc13)CCCC2)c1ccccc1. The minimum Gasteiger partial charge on any atom is -0.452 e. The number of anilines is 1. The number of aryl methyl sites for hydroxylation is 1. The zero-order chi connectivity index (χ0) is 19.5. The number of aromatic nitrogens is 1. The second-order valence-corrected chi connectivity index (χ2v) is 7.00. The van der Waals surface area contributed by atoms with Crippen molar-refractivity contribution in [2.45, 2.75) is 25.7 Å². The van der Waals surface area contributed by atoms with Crippen LogP contribution < -0.4 is 4.90 Å². The number of likely N-dealkylation sites (N-methyl/N-ethyl adjacent to an activating group) is 1. The first-order valence-corrected chi connectivity index (χ1v) is 9.54. The third-order valence-corrected chi connectivity index (χ3v) is 5.22. The number of hydrogen-bond acceptors (Lipinski definition) is 4. The highest BCUT2D eigenvalue weighted by atomic mass is 16.5. The van der Waals surface area contributed by atoms with E-state index in [2.05, 4.69) is 0 Å². The zero-order valence-corrected chi connectivity index (χ0v) is 15.9. The zero-order valence-electron chi connectivity index (χ0n) is 15.9. The summed E-state index contributed by atoms with van der Waals surface area (Å²) in [5.74, 6) is -0.724. The molecule has 0 radical (unpaired) electrons. The molecule has 5 nitrogen and oxygen atoms in total. The van der Waals surface area contributed by atoms with Crippen LogP contribution in [0.2, 0.25) is 0 Å². The van der Waals surface area contributed by atoms with Gasteiger partial charge in [0.25, 0.3) is 5.91 Å². The van der Waals surface area contributed by atoms with Crippen molar-refractivity contribution in [1.82, 2.24) is 4.98 Å². The number of fused-ring (bicyclic) bond motifs is 2. The van der Waals surface area contributed by atoms with Gasteiger partial charge in [-0.2, -0.15) is 0 Å². The Balaban J connectivity index is 1.58. The van der Waals surface area contributed by atoms with Crippen LogP contribution in [0.15, 0.2) is 54.6 Å². The molecule has 0 bridgehead atoms. The van der Waals surface area contributed by atoms with Gasteiger partial charge < -0.3 is 9.64 Å². The second kappa shape index (κ2) is 7.80. The molecule has 0 spiro atoms. The number of nitrogens with zero attached hydrogens (tertiary/aromatic N) is 2. The first-order valence-electron chi connectivity index (χ1n) is 9.54. The quantitative estimate of drug-likeness (QED) is 0.649. The molecule has 1 aromatic heterocycles. The normalized spacial score (nSPS) is 13.0. The molecule has 0 saturated heterocycles. The number of carbonyl (C=O) groups is 2. The lowest BCUT2D eigenvalue weighted by Gasteiger charge is -2.21. The summed E-state index contributed by atoms with van der Waals surface area (Å²) < 4.78 is 5.45. The Bertz CT molecular complexity index is 1030. The molecule has 1 aliphatic rings. The standard InChI is InChI=1S/C23H22N2O3/c1-25(16-9-3-2-4-10-16)21(26)15-28-23(27)22-17-11-5-7-13-19(17)24-20-14-8-6-12-18(20)22/h2-5,7,9-11,13H,6,8,12,14-15H2,1H3. The Morgan fingerprint density at radius 3 is 2.54 bits per heavy atom. The van der Waals surface area contributed by atoms with Gasteiger partial charge in [-0.15, -0.1) is 0 Å². The highest BCUT2D eigenvalue weighted by Gasteiger charge is 2.24. The number of esters is 1. The first kappa shape index (κ1) is 18.2. The van der Waals surface area contributed by atoms with Gasteiger partial charge in [-0.25, -0.2) is 4.79 Å². The average molecular weight is 374 g/mol. The van der Waals surface area contributed by atoms with Crippen LogP contribution in [0.25, 0.3) is 10.9 Å². The fraction of sp³-hybridized carbons (Fsp3) is 0.261. The highest BCUT2D eigenvalue weighted by Crippen LogP contribution is 2.29. The maximum atomic E-state index is 13.0. The van der Waals surface area contributed by atoms with E-state index in [1.165, 1.54) is 4.90 Å². The molecule has 1 aliphatic carbocycles. The minimum atomic E-state index is -0.452. The van der Waals surface area contributed by atoms with Crippen LogP contribution in [0.5, 0.6) is 0 Å². The van der Waals surface area contributed by atoms with Crippen molar-refractivity contribution in [1.29, 1.82) is 0 Å². The Morgan fingerprint density at radius 1 is 1.00 bits per heavy atom. The van der Waals surface area contributed by atoms with E-state index < -0.39 is 5.97 Å². The van der Waals surface area contributed by atoms with Gasteiger partial charge in [0.05, 0.1) is 11.1 Å². The number of ether oxygens (including phenoxy) is 1. The molecule has 142 valence electrons. The van der Waals surface area contributed by atoms with Crippen molar-refractivity contribution >= 4 is 28.5 Å². The molecule has 0 saturated carbocycles. The van der Waals surface area contributed by atoms with Gasteiger partial charge in [0.2, 0.25) is 0 Å². The van der Waals surface area contributed by atoms with E-state index in [-0.39, 0.29) is 12.5 Å². The van der Waals surface area contributed by atoms with Gasteiger partial charge in [0.15, 0.2) is 6.61 Å². The number of pyridine rings is 1. The van der Waals surface area contributed by atoms with Crippen LogP contribution in [-0.2, 0) is 22.4 Å². The molecule has 0 atom stereocenters. The van der Waals surface area contributed by atoms with Gasteiger partial charge in [-0.05, 0) is 49.4 Å². The Hall–Kier alpha value is -3.21. The molecular weight excluding hydrogens is 352 g/mol. The van der Waals surface area contributed by atoms with E-state index in [1.54, 1.807) is 7.05 Å². The van der Waals surface area contributed by atoms with E-state index in [0.29, 0.717) is 5.56 Å². The monoisotopic (exact) mass is 374 g/mol. The number of para-hydroxylation sites is 2. The van der Waals surface area contributed by atoms with Crippen molar-refractivity contribution in [3.05, 3.63) is 71.4 Å². The van der Waals surface area contributed by atoms with Crippen LogP contribution >= 0.6 is 0 Å². The van der Waals surface area contributed by atoms with Crippen molar-refractivity contribution in [3.63, 3.8) is 0 Å². The molecule has 3 aromatic rings. The van der Waals surface area contributed by atoms with E-state index in [1.807, 2.05) is 54.6 Å². The lowest BCUT2D eigenvalue weighted by atomic mass is 9.90. The van der Waals surface area contributed by atoms with Crippen LogP contribution in [0.3, 0.4) is 0 Å². The van der Waals surface area contributed by atoms with Gasteiger partial charge in [-0.3, -0.25) is 9.78 Å². The highest BCUT2D eigenvalue weighted by molar-refractivity contribution is 6.06. The summed E-state index contributed by atoms with van der Waals surface area (Å²) in [5, 5.41) is 0.789. The Morgan fingerprint density at radius 2 is 1.71 bits per heavy atom. The van der Waals surface area contributed by atoms with Gasteiger partial charge in [-0.1, -0.05) is 36.4 Å². The van der Waals surface area contributed by atoms with Gasteiger partial charge >= 0.3 is 5.97 Å². The summed E-state index contributed by atoms with van der Waals surface area (Å²) in [7, 11) is 1.68. The molecule has 1 heterocycles. The molecule has 0 N–H and O–H groups in total. The lowest BCUT2D eigenvalue weighted by Crippen LogP contribution is -2.31. The summed E-state index contributed by atoms with van der Waals surface area (Å²) in [6.45, 7) is -0.296. The average Bonchev–Trinajstić information content (AvgIpc) is 2.75. The lowest BCUT2D eigenvalue weighted by molar-refractivity contribution is -0.121. The Kier molecular flexibility index (Phi) is 5.06. The number of benzene rings is 2. The predicted molar refractivity (Wildman–Crippen MR) is 109 cm³/mol. The van der Waals surface area contributed by atoms with Gasteiger partial charge in [0, 0.05) is 23.8 Å².